The highest BCUT2D eigenvalue weighted by Crippen LogP contribution is 2.16. The first-order valence-corrected chi connectivity index (χ1v) is 5.51. The van der Waals surface area contributed by atoms with E-state index < -0.39 is 4.92 Å². The summed E-state index contributed by atoms with van der Waals surface area (Å²) in [7, 11) is 0. The molecule has 0 saturated carbocycles. The van der Waals surface area contributed by atoms with E-state index in [1.54, 1.807) is 0 Å². The van der Waals surface area contributed by atoms with Gasteiger partial charge < -0.3 is 0 Å². The van der Waals surface area contributed by atoms with Gasteiger partial charge in [-0.05, 0) is 6.07 Å². The lowest BCUT2D eigenvalue weighted by Crippen LogP contribution is -2.21. The Morgan fingerprint density at radius 3 is 2.88 bits per heavy atom. The molecule has 0 amide bonds. The zero-order valence-corrected chi connectivity index (χ0v) is 9.63. The third kappa shape index (κ3) is 2.14. The summed E-state index contributed by atoms with van der Waals surface area (Å²) < 4.78 is 1.39. The van der Waals surface area contributed by atoms with Crippen molar-refractivity contribution < 1.29 is 4.92 Å². The van der Waals surface area contributed by atoms with Crippen molar-refractivity contribution in [1.29, 1.82) is 0 Å². The number of nitro benzene ring substituents is 1. The molecular formula is C10H9N3O3S. The average Bonchev–Trinajstić information content (AvgIpc) is 2.32. The molecular weight excluding hydrogens is 242 g/mol. The maximum atomic E-state index is 12.0. The molecule has 0 aliphatic carbocycles. The normalized spacial score (nSPS) is 10.6. The maximum absolute atomic E-state index is 12.0. The van der Waals surface area contributed by atoms with E-state index in [4.69, 9.17) is 0 Å². The molecule has 17 heavy (non-hydrogen) atoms. The number of non-ortho nitro benzene ring substituents is 1. The summed E-state index contributed by atoms with van der Waals surface area (Å²) in [6, 6.07) is 4.05. The molecule has 0 radical (unpaired) electrons. The maximum Gasteiger partial charge on any atom is 0.270 e. The van der Waals surface area contributed by atoms with E-state index in [-0.39, 0.29) is 16.6 Å². The molecule has 88 valence electrons. The predicted octanol–water partition coefficient (Wildman–Crippen LogP) is 1.23. The van der Waals surface area contributed by atoms with E-state index >= 15 is 0 Å². The van der Waals surface area contributed by atoms with Crippen molar-refractivity contribution in [3.8, 4) is 0 Å². The summed E-state index contributed by atoms with van der Waals surface area (Å²) in [5, 5.41) is 10.9. The number of nitro groups is 1. The van der Waals surface area contributed by atoms with Crippen LogP contribution in [0.3, 0.4) is 0 Å². The van der Waals surface area contributed by atoms with Gasteiger partial charge >= 0.3 is 0 Å². The Hall–Kier alpha value is -1.89. The van der Waals surface area contributed by atoms with Crippen molar-refractivity contribution >= 4 is 29.2 Å². The van der Waals surface area contributed by atoms with Crippen LogP contribution >= 0.6 is 12.6 Å². The lowest BCUT2D eigenvalue weighted by molar-refractivity contribution is -0.384. The van der Waals surface area contributed by atoms with Gasteiger partial charge in [0.2, 0.25) is 0 Å². The molecule has 0 aliphatic heterocycles. The molecule has 0 spiro atoms. The molecule has 2 aromatic rings. The van der Waals surface area contributed by atoms with Crippen molar-refractivity contribution in [3.63, 3.8) is 0 Å². The smallest absolute Gasteiger partial charge is 0.270 e. The van der Waals surface area contributed by atoms with Crippen LogP contribution in [0, 0.1) is 10.1 Å². The Kier molecular flexibility index (Phi) is 3.10. The van der Waals surface area contributed by atoms with E-state index in [0.717, 1.165) is 0 Å². The molecule has 0 unspecified atom stereocenters. The van der Waals surface area contributed by atoms with Gasteiger partial charge in [-0.2, -0.15) is 12.6 Å². The minimum absolute atomic E-state index is 0.111. The van der Waals surface area contributed by atoms with Crippen molar-refractivity contribution in [1.82, 2.24) is 9.55 Å². The van der Waals surface area contributed by atoms with E-state index in [1.807, 2.05) is 0 Å². The molecule has 2 rings (SSSR count). The molecule has 0 fully saturated rings. The van der Waals surface area contributed by atoms with Crippen LogP contribution in [-0.2, 0) is 6.54 Å². The van der Waals surface area contributed by atoms with E-state index in [2.05, 4.69) is 17.6 Å². The number of fused-ring (bicyclic) bond motifs is 1. The number of benzene rings is 1. The van der Waals surface area contributed by atoms with Crippen molar-refractivity contribution in [3.05, 3.63) is 45.0 Å². The van der Waals surface area contributed by atoms with Gasteiger partial charge in [0.1, 0.15) is 0 Å². The molecule has 1 aromatic carbocycles. The first-order valence-electron chi connectivity index (χ1n) is 4.88. The standard InChI is InChI=1S/C10H9N3O3S/c14-10-8-5-7(13(15)16)1-2-9(8)11-6-12(10)3-4-17/h1-2,5-6,17H,3-4H2. The van der Waals surface area contributed by atoms with Crippen LogP contribution in [0.2, 0.25) is 0 Å². The lowest BCUT2D eigenvalue weighted by Gasteiger charge is -2.03. The second kappa shape index (κ2) is 4.54. The third-order valence-electron chi connectivity index (χ3n) is 2.36. The zero-order chi connectivity index (χ0) is 12.4. The SMILES string of the molecule is O=c1c2cc([N+](=O)[O-])ccc2ncn1CCS. The molecule has 1 heterocycles. The van der Waals surface area contributed by atoms with Gasteiger partial charge in [0, 0.05) is 24.4 Å². The Morgan fingerprint density at radius 1 is 1.47 bits per heavy atom. The van der Waals surface area contributed by atoms with Crippen molar-refractivity contribution in [2.75, 3.05) is 5.75 Å². The minimum atomic E-state index is -0.533. The molecule has 0 N–H and O–H groups in total. The van der Waals surface area contributed by atoms with Gasteiger partial charge in [-0.15, -0.1) is 0 Å². The summed E-state index contributed by atoms with van der Waals surface area (Å²) in [5.41, 5.74) is 0.0591. The molecule has 0 aliphatic rings. The van der Waals surface area contributed by atoms with Gasteiger partial charge in [0.25, 0.3) is 11.2 Å². The fraction of sp³-hybridized carbons (Fsp3) is 0.200. The van der Waals surface area contributed by atoms with Crippen LogP contribution in [0.5, 0.6) is 0 Å². The highest BCUT2D eigenvalue weighted by molar-refractivity contribution is 7.80. The highest BCUT2D eigenvalue weighted by Gasteiger charge is 2.10. The topological polar surface area (TPSA) is 78.0 Å². The van der Waals surface area contributed by atoms with Gasteiger partial charge in [-0.1, -0.05) is 0 Å². The van der Waals surface area contributed by atoms with Gasteiger partial charge in [-0.3, -0.25) is 19.5 Å². The zero-order valence-electron chi connectivity index (χ0n) is 8.74. The van der Waals surface area contributed by atoms with Crippen LogP contribution in [-0.4, -0.2) is 20.2 Å². The molecule has 6 nitrogen and oxygen atoms in total. The van der Waals surface area contributed by atoms with E-state index in [9.17, 15) is 14.9 Å². The summed E-state index contributed by atoms with van der Waals surface area (Å²) in [5.74, 6) is 0.502. The molecule has 0 atom stereocenters. The summed E-state index contributed by atoms with van der Waals surface area (Å²) in [4.78, 5) is 26.1. The third-order valence-corrected chi connectivity index (χ3v) is 2.56. The molecule has 0 bridgehead atoms. The van der Waals surface area contributed by atoms with E-state index in [0.29, 0.717) is 17.8 Å². The average molecular weight is 251 g/mol. The fourth-order valence-electron chi connectivity index (χ4n) is 1.53. The second-order valence-corrected chi connectivity index (χ2v) is 3.87. The number of aryl methyl sites for hydroxylation is 1. The lowest BCUT2D eigenvalue weighted by atomic mass is 10.2. The van der Waals surface area contributed by atoms with Crippen LogP contribution in [0.15, 0.2) is 29.3 Å². The molecule has 0 saturated heterocycles. The number of hydrogen-bond acceptors (Lipinski definition) is 5. The van der Waals surface area contributed by atoms with Gasteiger partial charge in [-0.25, -0.2) is 4.98 Å². The minimum Gasteiger partial charge on any atom is -0.298 e. The van der Waals surface area contributed by atoms with E-state index in [1.165, 1.54) is 29.1 Å². The Morgan fingerprint density at radius 2 is 2.24 bits per heavy atom. The Balaban J connectivity index is 2.69. The number of rotatable bonds is 3. The van der Waals surface area contributed by atoms with Crippen LogP contribution in [0.25, 0.3) is 10.9 Å². The first-order chi connectivity index (χ1) is 8.13. The fourth-order valence-corrected chi connectivity index (χ4v) is 1.74. The summed E-state index contributed by atoms with van der Waals surface area (Å²) >= 11 is 4.03. The van der Waals surface area contributed by atoms with Crippen molar-refractivity contribution in [2.45, 2.75) is 6.54 Å². The Bertz CT molecular complexity index is 638. The number of thiol groups is 1. The second-order valence-electron chi connectivity index (χ2n) is 3.43. The number of aromatic nitrogens is 2. The van der Waals surface area contributed by atoms with Gasteiger partial charge in [0.15, 0.2) is 0 Å². The number of hydrogen-bond donors (Lipinski definition) is 1. The van der Waals surface area contributed by atoms with Crippen LogP contribution < -0.4 is 5.56 Å². The molecule has 1 aromatic heterocycles. The molecule has 7 heteroatoms. The van der Waals surface area contributed by atoms with Crippen LogP contribution in [0.1, 0.15) is 0 Å². The summed E-state index contributed by atoms with van der Waals surface area (Å²) in [6.45, 7) is 0.424. The first kappa shape index (κ1) is 11.6. The summed E-state index contributed by atoms with van der Waals surface area (Å²) in [6.07, 6.45) is 1.42. The highest BCUT2D eigenvalue weighted by atomic mass is 32.1. The van der Waals surface area contributed by atoms with Crippen LogP contribution in [0.4, 0.5) is 5.69 Å². The predicted molar refractivity (Wildman–Crippen MR) is 66.5 cm³/mol. The van der Waals surface area contributed by atoms with Gasteiger partial charge in [0.05, 0.1) is 22.2 Å². The number of nitrogens with zero attached hydrogens (tertiary/aromatic N) is 3. The Labute approximate surface area is 101 Å². The largest absolute Gasteiger partial charge is 0.298 e. The quantitative estimate of drug-likeness (QED) is 0.505. The monoisotopic (exact) mass is 251 g/mol. The van der Waals surface area contributed by atoms with Crippen molar-refractivity contribution in [2.24, 2.45) is 0 Å².